The van der Waals surface area contributed by atoms with Crippen LogP contribution in [0.2, 0.25) is 0 Å². The summed E-state index contributed by atoms with van der Waals surface area (Å²) in [5.74, 6) is 0.115. The highest BCUT2D eigenvalue weighted by atomic mass is 16.5. The van der Waals surface area contributed by atoms with Crippen molar-refractivity contribution in [1.29, 1.82) is 0 Å². The van der Waals surface area contributed by atoms with Crippen LogP contribution < -0.4 is 5.32 Å². The van der Waals surface area contributed by atoms with Gasteiger partial charge in [0.1, 0.15) is 0 Å². The van der Waals surface area contributed by atoms with E-state index < -0.39 is 0 Å². The first kappa shape index (κ1) is 12.8. The van der Waals surface area contributed by atoms with Gasteiger partial charge < -0.3 is 14.8 Å². The Hall–Kier alpha value is -0.650. The Morgan fingerprint density at radius 1 is 1.35 bits per heavy atom. The maximum Gasteiger partial charge on any atom is 0.230 e. The highest BCUT2D eigenvalue weighted by molar-refractivity contribution is 5.83. The summed E-state index contributed by atoms with van der Waals surface area (Å²) in [6.07, 6.45) is 0. The molecule has 1 amide bonds. The zero-order valence-electron chi connectivity index (χ0n) is 10.7. The van der Waals surface area contributed by atoms with Crippen LogP contribution in [-0.2, 0) is 14.3 Å². The first-order valence-electron chi connectivity index (χ1n) is 6.30. The Labute approximate surface area is 102 Å². The van der Waals surface area contributed by atoms with Crippen molar-refractivity contribution in [2.75, 3.05) is 46.1 Å². The van der Waals surface area contributed by atoms with Gasteiger partial charge in [0.05, 0.1) is 31.8 Å². The van der Waals surface area contributed by atoms with Crippen molar-refractivity contribution >= 4 is 5.91 Å². The van der Waals surface area contributed by atoms with E-state index in [1.165, 1.54) is 0 Å². The van der Waals surface area contributed by atoms with Crippen molar-refractivity contribution in [1.82, 2.24) is 10.2 Å². The van der Waals surface area contributed by atoms with Crippen molar-refractivity contribution < 1.29 is 14.3 Å². The molecule has 2 aliphatic rings. The second kappa shape index (κ2) is 5.33. The largest absolute Gasteiger partial charge is 0.379 e. The van der Waals surface area contributed by atoms with E-state index in [-0.39, 0.29) is 11.3 Å². The van der Waals surface area contributed by atoms with Crippen LogP contribution in [0.15, 0.2) is 0 Å². The molecule has 0 unspecified atom stereocenters. The molecule has 2 fully saturated rings. The first-order chi connectivity index (χ1) is 8.12. The molecule has 2 aliphatic heterocycles. The molecular weight excluding hydrogens is 220 g/mol. The zero-order valence-corrected chi connectivity index (χ0v) is 10.7. The number of hydrogen-bond donors (Lipinski definition) is 1. The number of nitrogens with one attached hydrogen (secondary N) is 1. The molecule has 0 spiro atoms. The number of morpholine rings is 1. The van der Waals surface area contributed by atoms with E-state index in [1.54, 1.807) is 0 Å². The van der Waals surface area contributed by atoms with Crippen LogP contribution in [0, 0.1) is 5.41 Å². The van der Waals surface area contributed by atoms with E-state index in [0.29, 0.717) is 25.8 Å². The van der Waals surface area contributed by atoms with Gasteiger partial charge in [-0.15, -0.1) is 0 Å². The lowest BCUT2D eigenvalue weighted by Gasteiger charge is -2.37. The molecule has 5 nitrogen and oxygen atoms in total. The van der Waals surface area contributed by atoms with Crippen LogP contribution in [0.3, 0.4) is 0 Å². The predicted octanol–water partition coefficient (Wildman–Crippen LogP) is -0.140. The van der Waals surface area contributed by atoms with Gasteiger partial charge in [0.2, 0.25) is 5.91 Å². The van der Waals surface area contributed by atoms with Crippen molar-refractivity contribution in [3.05, 3.63) is 0 Å². The average Bonchev–Trinajstić information content (AvgIpc) is 2.33. The van der Waals surface area contributed by atoms with Crippen molar-refractivity contribution in [3.8, 4) is 0 Å². The van der Waals surface area contributed by atoms with Crippen LogP contribution in [0.1, 0.15) is 13.8 Å². The molecule has 0 aliphatic carbocycles. The smallest absolute Gasteiger partial charge is 0.230 e. The Bertz CT molecular complexity index is 273. The van der Waals surface area contributed by atoms with E-state index in [4.69, 9.17) is 9.47 Å². The fourth-order valence-corrected chi connectivity index (χ4v) is 2.14. The minimum absolute atomic E-state index is 0.115. The zero-order chi connectivity index (χ0) is 12.3. The van der Waals surface area contributed by atoms with E-state index in [9.17, 15) is 4.79 Å². The predicted molar refractivity (Wildman–Crippen MR) is 63.8 cm³/mol. The summed E-state index contributed by atoms with van der Waals surface area (Å²) < 4.78 is 10.4. The summed E-state index contributed by atoms with van der Waals surface area (Å²) in [6.45, 7) is 9.39. The summed E-state index contributed by atoms with van der Waals surface area (Å²) in [5, 5.41) is 3.02. The number of nitrogens with zero attached hydrogens (tertiary/aromatic N) is 1. The van der Waals surface area contributed by atoms with Gasteiger partial charge in [-0.25, -0.2) is 0 Å². The van der Waals surface area contributed by atoms with E-state index in [0.717, 1.165) is 26.3 Å². The molecule has 0 radical (unpaired) electrons. The van der Waals surface area contributed by atoms with Crippen LogP contribution >= 0.6 is 0 Å². The third-order valence-electron chi connectivity index (χ3n) is 3.62. The maximum absolute atomic E-state index is 11.9. The number of carbonyl (C=O) groups is 1. The fraction of sp³-hybridized carbons (Fsp3) is 0.917. The standard InChI is InChI=1S/C12H22N2O3/c1-10(14-3-5-16-6-4-14)7-13-11(15)12(2)8-17-9-12/h10H,3-9H2,1-2H3,(H,13,15)/t10-/m1/s1. The lowest BCUT2D eigenvalue weighted by Crippen LogP contribution is -2.54. The molecule has 2 rings (SSSR count). The molecular formula is C12H22N2O3. The van der Waals surface area contributed by atoms with Crippen LogP contribution in [0.4, 0.5) is 0 Å². The van der Waals surface area contributed by atoms with Crippen LogP contribution in [0.25, 0.3) is 0 Å². The summed E-state index contributed by atoms with van der Waals surface area (Å²) in [6, 6.07) is 0.368. The summed E-state index contributed by atoms with van der Waals surface area (Å²) in [5.41, 5.74) is -0.301. The highest BCUT2D eigenvalue weighted by Gasteiger charge is 2.41. The molecule has 0 bridgehead atoms. The van der Waals surface area contributed by atoms with E-state index >= 15 is 0 Å². The number of hydrogen-bond acceptors (Lipinski definition) is 4. The quantitative estimate of drug-likeness (QED) is 0.745. The summed E-state index contributed by atoms with van der Waals surface area (Å²) in [7, 11) is 0. The van der Waals surface area contributed by atoms with Crippen molar-refractivity contribution in [2.24, 2.45) is 5.41 Å². The Kier molecular flexibility index (Phi) is 4.01. The van der Waals surface area contributed by atoms with Gasteiger partial charge in [-0.05, 0) is 13.8 Å². The SMILES string of the molecule is C[C@H](CNC(=O)C1(C)COC1)N1CCOCC1. The number of amides is 1. The maximum atomic E-state index is 11.9. The van der Waals surface area contributed by atoms with Crippen LogP contribution in [0.5, 0.6) is 0 Å². The summed E-state index contributed by atoms with van der Waals surface area (Å²) >= 11 is 0. The lowest BCUT2D eigenvalue weighted by molar-refractivity contribution is -0.157. The van der Waals surface area contributed by atoms with Gasteiger partial charge in [0.15, 0.2) is 0 Å². The Morgan fingerprint density at radius 3 is 2.53 bits per heavy atom. The molecule has 0 aromatic rings. The normalized spacial score (nSPS) is 26.0. The molecule has 0 aromatic heterocycles. The average molecular weight is 242 g/mol. The fourth-order valence-electron chi connectivity index (χ4n) is 2.14. The molecule has 1 N–H and O–H groups in total. The molecule has 0 aromatic carbocycles. The number of ether oxygens (including phenoxy) is 2. The molecule has 5 heteroatoms. The first-order valence-corrected chi connectivity index (χ1v) is 6.30. The molecule has 98 valence electrons. The lowest BCUT2D eigenvalue weighted by atomic mass is 9.87. The Morgan fingerprint density at radius 2 is 2.00 bits per heavy atom. The number of carbonyl (C=O) groups excluding carboxylic acids is 1. The van der Waals surface area contributed by atoms with Crippen LogP contribution in [-0.4, -0.2) is 62.9 Å². The topological polar surface area (TPSA) is 50.8 Å². The van der Waals surface area contributed by atoms with Gasteiger partial charge in [-0.2, -0.15) is 0 Å². The van der Waals surface area contributed by atoms with Gasteiger partial charge in [-0.1, -0.05) is 0 Å². The molecule has 2 heterocycles. The molecule has 2 saturated heterocycles. The molecule has 17 heavy (non-hydrogen) atoms. The second-order valence-electron chi connectivity index (χ2n) is 5.26. The van der Waals surface area contributed by atoms with Crippen molar-refractivity contribution in [3.63, 3.8) is 0 Å². The van der Waals surface area contributed by atoms with E-state index in [2.05, 4.69) is 17.1 Å². The second-order valence-corrected chi connectivity index (χ2v) is 5.26. The third kappa shape index (κ3) is 2.97. The Balaban J connectivity index is 1.71. The highest BCUT2D eigenvalue weighted by Crippen LogP contribution is 2.26. The number of rotatable bonds is 4. The van der Waals surface area contributed by atoms with Crippen molar-refractivity contribution in [2.45, 2.75) is 19.9 Å². The molecule has 0 saturated carbocycles. The minimum atomic E-state index is -0.301. The summed E-state index contributed by atoms with van der Waals surface area (Å²) in [4.78, 5) is 14.3. The van der Waals surface area contributed by atoms with Gasteiger partial charge in [0.25, 0.3) is 0 Å². The van der Waals surface area contributed by atoms with Gasteiger partial charge in [-0.3, -0.25) is 9.69 Å². The van der Waals surface area contributed by atoms with Gasteiger partial charge >= 0.3 is 0 Å². The minimum Gasteiger partial charge on any atom is -0.379 e. The van der Waals surface area contributed by atoms with E-state index in [1.807, 2.05) is 6.92 Å². The molecule has 1 atom stereocenters. The monoisotopic (exact) mass is 242 g/mol. The van der Waals surface area contributed by atoms with Gasteiger partial charge in [0, 0.05) is 25.7 Å². The third-order valence-corrected chi connectivity index (χ3v) is 3.62.